The minimum Gasteiger partial charge on any atom is -0.341 e. The zero-order valence-electron chi connectivity index (χ0n) is 14.7. The van der Waals surface area contributed by atoms with Crippen LogP contribution in [0.3, 0.4) is 0 Å². The summed E-state index contributed by atoms with van der Waals surface area (Å²) in [6.45, 7) is 1.69. The average Bonchev–Trinajstić information content (AvgIpc) is 2.85. The number of aromatic nitrogens is 3. The van der Waals surface area contributed by atoms with E-state index in [1.54, 1.807) is 4.90 Å². The highest BCUT2D eigenvalue weighted by molar-refractivity contribution is 7.88. The van der Waals surface area contributed by atoms with Crippen LogP contribution in [0.4, 0.5) is 0 Å². The molecule has 9 nitrogen and oxygen atoms in total. The second-order valence-corrected chi connectivity index (χ2v) is 8.38. The predicted octanol–water partition coefficient (Wildman–Crippen LogP) is -0.868. The van der Waals surface area contributed by atoms with E-state index >= 15 is 0 Å². The van der Waals surface area contributed by atoms with Crippen molar-refractivity contribution in [2.45, 2.75) is 25.3 Å². The fraction of sp³-hybridized carbons (Fsp3) is 0.786. The van der Waals surface area contributed by atoms with Crippen molar-refractivity contribution in [3.05, 3.63) is 11.6 Å². The first-order valence-electron chi connectivity index (χ1n) is 7.92. The molecule has 1 atom stereocenters. The molecule has 2 heterocycles. The van der Waals surface area contributed by atoms with Gasteiger partial charge >= 0.3 is 0 Å². The number of hydrogen-bond acceptors (Lipinski definition) is 6. The molecule has 0 spiro atoms. The first-order chi connectivity index (χ1) is 11.2. The number of piperidine rings is 1. The monoisotopic (exact) mass is 358 g/mol. The third-order valence-corrected chi connectivity index (χ3v) is 4.75. The Morgan fingerprint density at radius 3 is 2.71 bits per heavy atom. The molecule has 0 bridgehead atoms. The van der Waals surface area contributed by atoms with E-state index in [1.807, 2.05) is 30.6 Å². The standard InChI is InChI=1S/C14H26N6O3S/c1-18(2)10-12-16-17-14(19(12)3)11-6-5-7-20(9-11)13(21)8-15-24(4,22)23/h11,15H,5-10H2,1-4H3/t11-/m1/s1. The molecule has 24 heavy (non-hydrogen) atoms. The van der Waals surface area contributed by atoms with Gasteiger partial charge in [0.1, 0.15) is 11.6 Å². The lowest BCUT2D eigenvalue weighted by Gasteiger charge is -2.32. The SMILES string of the molecule is CN(C)Cc1nnc([C@@H]2CCCN(C(=O)CNS(C)(=O)=O)C2)n1C. The van der Waals surface area contributed by atoms with Crippen molar-refractivity contribution in [1.82, 2.24) is 29.3 Å². The number of hydrogen-bond donors (Lipinski definition) is 1. The van der Waals surface area contributed by atoms with Gasteiger partial charge in [0.05, 0.1) is 19.3 Å². The van der Waals surface area contributed by atoms with Crippen LogP contribution >= 0.6 is 0 Å². The normalized spacial score (nSPS) is 19.0. The molecule has 1 saturated heterocycles. The topological polar surface area (TPSA) is 100 Å². The van der Waals surface area contributed by atoms with E-state index in [0.29, 0.717) is 19.6 Å². The number of carbonyl (C=O) groups excluding carboxylic acids is 1. The molecule has 0 saturated carbocycles. The van der Waals surface area contributed by atoms with Crippen LogP contribution in [0.1, 0.15) is 30.4 Å². The maximum absolute atomic E-state index is 12.2. The zero-order chi connectivity index (χ0) is 17.9. The second-order valence-electron chi connectivity index (χ2n) is 6.54. The predicted molar refractivity (Wildman–Crippen MR) is 89.8 cm³/mol. The number of nitrogens with one attached hydrogen (secondary N) is 1. The van der Waals surface area contributed by atoms with Gasteiger partial charge < -0.3 is 14.4 Å². The summed E-state index contributed by atoms with van der Waals surface area (Å²) in [5.41, 5.74) is 0. The Hall–Kier alpha value is -1.52. The van der Waals surface area contributed by atoms with Gasteiger partial charge in [-0.25, -0.2) is 13.1 Å². The molecule has 1 amide bonds. The largest absolute Gasteiger partial charge is 0.341 e. The lowest BCUT2D eigenvalue weighted by atomic mass is 9.97. The first-order valence-corrected chi connectivity index (χ1v) is 9.82. The minimum atomic E-state index is -3.37. The van der Waals surface area contributed by atoms with Crippen LogP contribution in [0.25, 0.3) is 0 Å². The van der Waals surface area contributed by atoms with E-state index in [2.05, 4.69) is 14.9 Å². The minimum absolute atomic E-state index is 0.120. The molecule has 10 heteroatoms. The van der Waals surface area contributed by atoms with Crippen LogP contribution < -0.4 is 4.72 Å². The Bertz CT molecular complexity index is 685. The highest BCUT2D eigenvalue weighted by atomic mass is 32.2. The van der Waals surface area contributed by atoms with Crippen molar-refractivity contribution in [2.24, 2.45) is 7.05 Å². The van der Waals surface area contributed by atoms with Crippen molar-refractivity contribution < 1.29 is 13.2 Å². The average molecular weight is 358 g/mol. The fourth-order valence-electron chi connectivity index (χ4n) is 2.87. The van der Waals surface area contributed by atoms with Crippen LogP contribution in [0, 0.1) is 0 Å². The third kappa shape index (κ3) is 4.99. The molecular formula is C14H26N6O3S. The summed E-state index contributed by atoms with van der Waals surface area (Å²) in [6, 6.07) is 0. The number of nitrogens with zero attached hydrogens (tertiary/aromatic N) is 5. The zero-order valence-corrected chi connectivity index (χ0v) is 15.5. The summed E-state index contributed by atoms with van der Waals surface area (Å²) >= 11 is 0. The van der Waals surface area contributed by atoms with Crippen LogP contribution in [0.5, 0.6) is 0 Å². The maximum Gasteiger partial charge on any atom is 0.237 e. The molecule has 1 aliphatic heterocycles. The lowest BCUT2D eigenvalue weighted by molar-refractivity contribution is -0.131. The van der Waals surface area contributed by atoms with Crippen molar-refractivity contribution in [3.63, 3.8) is 0 Å². The van der Waals surface area contributed by atoms with Crippen molar-refractivity contribution in [2.75, 3.05) is 40.0 Å². The van der Waals surface area contributed by atoms with Gasteiger partial charge in [-0.1, -0.05) is 0 Å². The van der Waals surface area contributed by atoms with E-state index < -0.39 is 10.0 Å². The summed E-state index contributed by atoms with van der Waals surface area (Å²) in [6.07, 6.45) is 2.85. The molecule has 1 N–H and O–H groups in total. The summed E-state index contributed by atoms with van der Waals surface area (Å²) in [4.78, 5) is 15.9. The van der Waals surface area contributed by atoms with Gasteiger partial charge in [0.25, 0.3) is 0 Å². The van der Waals surface area contributed by atoms with E-state index in [4.69, 9.17) is 0 Å². The Kier molecular flexibility index (Phi) is 5.94. The summed E-state index contributed by atoms with van der Waals surface area (Å²) in [5, 5.41) is 8.55. The lowest BCUT2D eigenvalue weighted by Crippen LogP contribution is -2.44. The molecular weight excluding hydrogens is 332 g/mol. The summed E-state index contributed by atoms with van der Waals surface area (Å²) in [5.74, 6) is 1.67. The van der Waals surface area contributed by atoms with Gasteiger partial charge in [-0.2, -0.15) is 0 Å². The van der Waals surface area contributed by atoms with Crippen molar-refractivity contribution in [1.29, 1.82) is 0 Å². The second kappa shape index (κ2) is 7.58. The molecule has 0 aliphatic carbocycles. The smallest absolute Gasteiger partial charge is 0.237 e. The van der Waals surface area contributed by atoms with Crippen LogP contribution in [0.2, 0.25) is 0 Å². The van der Waals surface area contributed by atoms with E-state index in [9.17, 15) is 13.2 Å². The quantitative estimate of drug-likeness (QED) is 0.710. The van der Waals surface area contributed by atoms with Gasteiger partial charge in [-0.15, -0.1) is 10.2 Å². The molecule has 0 aromatic carbocycles. The molecule has 1 aliphatic rings. The Morgan fingerprint density at radius 2 is 2.08 bits per heavy atom. The van der Waals surface area contributed by atoms with Gasteiger partial charge in [-0.3, -0.25) is 4.79 Å². The van der Waals surface area contributed by atoms with Gasteiger partial charge in [-0.05, 0) is 26.9 Å². The van der Waals surface area contributed by atoms with Crippen molar-refractivity contribution >= 4 is 15.9 Å². The van der Waals surface area contributed by atoms with E-state index in [-0.39, 0.29) is 18.4 Å². The van der Waals surface area contributed by atoms with E-state index in [0.717, 1.165) is 30.7 Å². The van der Waals surface area contributed by atoms with Crippen LogP contribution in [0.15, 0.2) is 0 Å². The Balaban J connectivity index is 2.03. The highest BCUT2D eigenvalue weighted by Crippen LogP contribution is 2.25. The maximum atomic E-state index is 12.2. The number of carbonyl (C=O) groups is 1. The molecule has 2 rings (SSSR count). The number of amides is 1. The van der Waals surface area contributed by atoms with E-state index in [1.165, 1.54) is 0 Å². The van der Waals surface area contributed by atoms with Crippen LogP contribution in [-0.4, -0.2) is 78.9 Å². The van der Waals surface area contributed by atoms with Gasteiger partial charge in [0.2, 0.25) is 15.9 Å². The third-order valence-electron chi connectivity index (χ3n) is 4.08. The molecule has 1 aromatic rings. The highest BCUT2D eigenvalue weighted by Gasteiger charge is 2.28. The molecule has 136 valence electrons. The van der Waals surface area contributed by atoms with Crippen LogP contribution in [-0.2, 0) is 28.4 Å². The number of likely N-dealkylation sites (tertiary alicyclic amines) is 1. The fourth-order valence-corrected chi connectivity index (χ4v) is 3.26. The molecule has 1 fully saturated rings. The molecule has 1 aromatic heterocycles. The molecule has 0 radical (unpaired) electrons. The number of rotatable bonds is 6. The summed E-state index contributed by atoms with van der Waals surface area (Å²) in [7, 11) is 2.53. The number of sulfonamides is 1. The Morgan fingerprint density at radius 1 is 1.38 bits per heavy atom. The Labute approximate surface area is 143 Å². The summed E-state index contributed by atoms with van der Waals surface area (Å²) < 4.78 is 26.5. The molecule has 0 unspecified atom stereocenters. The van der Waals surface area contributed by atoms with Gasteiger partial charge in [0.15, 0.2) is 0 Å². The van der Waals surface area contributed by atoms with Gasteiger partial charge in [0, 0.05) is 26.1 Å². The van der Waals surface area contributed by atoms with Crippen molar-refractivity contribution in [3.8, 4) is 0 Å². The first kappa shape index (κ1) is 18.8.